The summed E-state index contributed by atoms with van der Waals surface area (Å²) in [7, 11) is 0. The molecule has 0 aliphatic heterocycles. The van der Waals surface area contributed by atoms with Crippen LogP contribution in [0.15, 0.2) is 60.7 Å². The molecule has 3 unspecified atom stereocenters. The third kappa shape index (κ3) is 7.60. The van der Waals surface area contributed by atoms with Crippen LogP contribution >= 0.6 is 0 Å². The molecule has 0 aliphatic rings. The van der Waals surface area contributed by atoms with E-state index in [2.05, 4.69) is 10.6 Å². The largest absolute Gasteiger partial charge is 0.444 e. The van der Waals surface area contributed by atoms with Crippen molar-refractivity contribution in [1.82, 2.24) is 10.2 Å². The van der Waals surface area contributed by atoms with Crippen molar-refractivity contribution >= 4 is 34.4 Å². The summed E-state index contributed by atoms with van der Waals surface area (Å²) in [5.41, 5.74) is 2.47. The van der Waals surface area contributed by atoms with Crippen molar-refractivity contribution in [3.05, 3.63) is 77.4 Å². The zero-order valence-corrected chi connectivity index (χ0v) is 24.4. The smallest absolute Gasteiger partial charge is 0.408 e. The van der Waals surface area contributed by atoms with Gasteiger partial charge in [-0.2, -0.15) is 0 Å². The van der Waals surface area contributed by atoms with E-state index in [1.807, 2.05) is 88.4 Å². The van der Waals surface area contributed by atoms with E-state index in [0.29, 0.717) is 17.7 Å². The lowest BCUT2D eigenvalue weighted by atomic mass is 9.96. The molecule has 3 aromatic rings. The number of carbonyl (C=O) groups excluding carboxylic acids is 3. The molecular weight excluding hydrogens is 506 g/mol. The summed E-state index contributed by atoms with van der Waals surface area (Å²) in [6.45, 7) is 12.2. The first-order valence-corrected chi connectivity index (χ1v) is 13.6. The Balaban J connectivity index is 2.04. The lowest BCUT2D eigenvalue weighted by molar-refractivity contribution is -0.144. The molecule has 3 amide bonds. The lowest BCUT2D eigenvalue weighted by Crippen LogP contribution is -2.56. The normalized spacial score (nSPS) is 13.7. The van der Waals surface area contributed by atoms with Gasteiger partial charge in [0.2, 0.25) is 5.91 Å². The van der Waals surface area contributed by atoms with Gasteiger partial charge in [-0.3, -0.25) is 9.59 Å². The number of hydrogen-bond donors (Lipinski definition) is 3. The molecule has 8 heteroatoms. The molecule has 0 spiro atoms. The number of amides is 3. The molecule has 0 bridgehead atoms. The van der Waals surface area contributed by atoms with Crippen LogP contribution < -0.4 is 10.6 Å². The van der Waals surface area contributed by atoms with Gasteiger partial charge in [0.1, 0.15) is 17.7 Å². The standard InChI is InChI=1S/C32H41N3O5/c1-8-22(4)35(30(38)27(19-36)34-31(39)40-32(5,6)7)28(25-14-13-20(2)21(3)17-25)29(37)33-26-16-15-23-11-9-10-12-24(23)18-26/h9-18,22,27-28,36H,8,19H2,1-7H3,(H,33,37)(H,34,39). The maximum atomic E-state index is 14.1. The molecule has 3 rings (SSSR count). The maximum absolute atomic E-state index is 14.1. The summed E-state index contributed by atoms with van der Waals surface area (Å²) in [6.07, 6.45) is -0.284. The van der Waals surface area contributed by atoms with Gasteiger partial charge in [0, 0.05) is 11.7 Å². The number of alkyl carbamates (subject to hydrolysis) is 1. The van der Waals surface area contributed by atoms with Crippen molar-refractivity contribution in [1.29, 1.82) is 0 Å². The molecule has 0 aromatic heterocycles. The number of carbonyl (C=O) groups is 3. The van der Waals surface area contributed by atoms with E-state index in [9.17, 15) is 19.5 Å². The lowest BCUT2D eigenvalue weighted by Gasteiger charge is -2.38. The number of hydrogen-bond acceptors (Lipinski definition) is 5. The first kappa shape index (κ1) is 30.6. The summed E-state index contributed by atoms with van der Waals surface area (Å²) < 4.78 is 5.31. The highest BCUT2D eigenvalue weighted by Gasteiger charge is 2.38. The number of aliphatic hydroxyl groups is 1. The third-order valence-corrected chi connectivity index (χ3v) is 6.88. The summed E-state index contributed by atoms with van der Waals surface area (Å²) in [5, 5.41) is 17.6. The highest BCUT2D eigenvalue weighted by Crippen LogP contribution is 2.29. The quantitative estimate of drug-likeness (QED) is 0.321. The van der Waals surface area contributed by atoms with E-state index in [-0.39, 0.29) is 0 Å². The summed E-state index contributed by atoms with van der Waals surface area (Å²) in [6, 6.07) is 16.4. The number of nitrogens with zero attached hydrogens (tertiary/aromatic N) is 1. The Kier molecular flexibility index (Phi) is 9.93. The second kappa shape index (κ2) is 13.0. The minimum Gasteiger partial charge on any atom is -0.444 e. The van der Waals surface area contributed by atoms with Crippen molar-refractivity contribution in [3.63, 3.8) is 0 Å². The monoisotopic (exact) mass is 547 g/mol. The number of fused-ring (bicyclic) bond motifs is 1. The predicted octanol–water partition coefficient (Wildman–Crippen LogP) is 5.65. The van der Waals surface area contributed by atoms with Crippen LogP contribution in [-0.2, 0) is 14.3 Å². The Bertz CT molecular complexity index is 1360. The van der Waals surface area contributed by atoms with Crippen LogP contribution in [0.25, 0.3) is 10.8 Å². The Morgan fingerprint density at radius 1 is 0.950 bits per heavy atom. The van der Waals surface area contributed by atoms with Crippen LogP contribution in [0.5, 0.6) is 0 Å². The molecule has 0 radical (unpaired) electrons. The Morgan fingerprint density at radius 3 is 2.23 bits per heavy atom. The molecule has 0 heterocycles. The summed E-state index contributed by atoms with van der Waals surface area (Å²) in [5.74, 6) is -0.985. The first-order chi connectivity index (χ1) is 18.8. The molecule has 0 aliphatic carbocycles. The molecule has 3 aromatic carbocycles. The highest BCUT2D eigenvalue weighted by molar-refractivity contribution is 6.00. The number of ether oxygens (including phenoxy) is 1. The van der Waals surface area contributed by atoms with Crippen molar-refractivity contribution in [2.75, 3.05) is 11.9 Å². The van der Waals surface area contributed by atoms with E-state index in [4.69, 9.17) is 4.74 Å². The Labute approximate surface area is 236 Å². The molecule has 3 atom stereocenters. The van der Waals surface area contributed by atoms with Crippen LogP contribution in [0.1, 0.15) is 63.8 Å². The van der Waals surface area contributed by atoms with Gasteiger partial charge in [0.15, 0.2) is 0 Å². The van der Waals surface area contributed by atoms with E-state index < -0.39 is 48.2 Å². The molecule has 3 N–H and O–H groups in total. The van der Waals surface area contributed by atoms with Gasteiger partial charge >= 0.3 is 6.09 Å². The molecule has 214 valence electrons. The van der Waals surface area contributed by atoms with Crippen LogP contribution in [0, 0.1) is 13.8 Å². The molecule has 0 fully saturated rings. The number of benzene rings is 3. The summed E-state index contributed by atoms with van der Waals surface area (Å²) >= 11 is 0. The number of aliphatic hydroxyl groups excluding tert-OH is 1. The van der Waals surface area contributed by atoms with Crippen LogP contribution in [-0.4, -0.2) is 52.2 Å². The average molecular weight is 548 g/mol. The molecule has 40 heavy (non-hydrogen) atoms. The molecule has 0 saturated carbocycles. The molecular formula is C32H41N3O5. The first-order valence-electron chi connectivity index (χ1n) is 13.6. The van der Waals surface area contributed by atoms with Gasteiger partial charge in [-0.1, -0.05) is 55.5 Å². The second-order valence-corrected chi connectivity index (χ2v) is 11.2. The van der Waals surface area contributed by atoms with E-state index >= 15 is 0 Å². The Hall–Kier alpha value is -3.91. The van der Waals surface area contributed by atoms with Gasteiger partial charge in [0.25, 0.3) is 5.91 Å². The number of anilines is 1. The van der Waals surface area contributed by atoms with Crippen LogP contribution in [0.3, 0.4) is 0 Å². The van der Waals surface area contributed by atoms with Gasteiger partial charge in [-0.05, 0) is 87.6 Å². The maximum Gasteiger partial charge on any atom is 0.408 e. The van der Waals surface area contributed by atoms with Crippen LogP contribution in [0.2, 0.25) is 0 Å². The van der Waals surface area contributed by atoms with Gasteiger partial charge in [-0.15, -0.1) is 0 Å². The zero-order chi connectivity index (χ0) is 29.6. The number of nitrogens with one attached hydrogen (secondary N) is 2. The van der Waals surface area contributed by atoms with Crippen molar-refractivity contribution in [2.24, 2.45) is 0 Å². The number of rotatable bonds is 9. The fourth-order valence-corrected chi connectivity index (χ4v) is 4.46. The SMILES string of the molecule is CCC(C)N(C(=O)C(CO)NC(=O)OC(C)(C)C)C(C(=O)Nc1ccc2ccccc2c1)c1ccc(C)c(C)c1. The fourth-order valence-electron chi connectivity index (χ4n) is 4.46. The number of aryl methyl sites for hydroxylation is 2. The van der Waals surface area contributed by atoms with Crippen molar-refractivity contribution < 1.29 is 24.2 Å². The van der Waals surface area contributed by atoms with Crippen LogP contribution in [0.4, 0.5) is 10.5 Å². The predicted molar refractivity (Wildman–Crippen MR) is 158 cm³/mol. The van der Waals surface area contributed by atoms with Gasteiger partial charge < -0.3 is 25.4 Å². The molecule has 8 nitrogen and oxygen atoms in total. The van der Waals surface area contributed by atoms with Crippen molar-refractivity contribution in [3.8, 4) is 0 Å². The average Bonchev–Trinajstić information content (AvgIpc) is 2.90. The Morgan fingerprint density at radius 2 is 1.62 bits per heavy atom. The van der Waals surface area contributed by atoms with Crippen molar-refractivity contribution in [2.45, 2.75) is 78.6 Å². The fraction of sp³-hybridized carbons (Fsp3) is 0.406. The van der Waals surface area contributed by atoms with E-state index in [1.54, 1.807) is 20.8 Å². The minimum atomic E-state index is -1.30. The third-order valence-electron chi connectivity index (χ3n) is 6.88. The second-order valence-electron chi connectivity index (χ2n) is 11.2. The van der Waals surface area contributed by atoms with Gasteiger partial charge in [-0.25, -0.2) is 4.79 Å². The van der Waals surface area contributed by atoms with Gasteiger partial charge in [0.05, 0.1) is 6.61 Å². The highest BCUT2D eigenvalue weighted by atomic mass is 16.6. The minimum absolute atomic E-state index is 0.393. The topological polar surface area (TPSA) is 108 Å². The summed E-state index contributed by atoms with van der Waals surface area (Å²) in [4.78, 5) is 42.0. The van der Waals surface area contributed by atoms with E-state index in [0.717, 1.165) is 21.9 Å². The molecule has 0 saturated heterocycles. The van der Waals surface area contributed by atoms with E-state index in [1.165, 1.54) is 4.90 Å². The zero-order valence-electron chi connectivity index (χ0n) is 24.4.